The molecule has 2 aromatic carbocycles. The molecular formula is C16H17ClN2O2. The summed E-state index contributed by atoms with van der Waals surface area (Å²) in [5, 5.41) is 4.09. The van der Waals surface area contributed by atoms with Crippen molar-refractivity contribution in [1.82, 2.24) is 5.32 Å². The number of carbonyl (C=O) groups is 1. The maximum atomic E-state index is 10.6. The molecule has 4 nitrogen and oxygen atoms in total. The highest BCUT2D eigenvalue weighted by atomic mass is 35.5. The number of primary amides is 1. The molecule has 0 saturated carbocycles. The molecule has 3 N–H and O–H groups in total. The molecule has 110 valence electrons. The topological polar surface area (TPSA) is 64.4 Å². The zero-order valence-electron chi connectivity index (χ0n) is 11.5. The molecule has 0 spiro atoms. The average Bonchev–Trinajstić information content (AvgIpc) is 2.48. The molecule has 0 aliphatic carbocycles. The quantitative estimate of drug-likeness (QED) is 0.826. The Kier molecular flexibility index (Phi) is 5.60. The number of hydrogen-bond donors (Lipinski definition) is 2. The van der Waals surface area contributed by atoms with Crippen LogP contribution < -0.4 is 15.8 Å². The van der Waals surface area contributed by atoms with Crippen molar-refractivity contribution in [1.29, 1.82) is 0 Å². The van der Waals surface area contributed by atoms with Crippen LogP contribution in [0.1, 0.15) is 11.1 Å². The fourth-order valence-electron chi connectivity index (χ4n) is 1.84. The Hall–Kier alpha value is -2.04. The fourth-order valence-corrected chi connectivity index (χ4v) is 2.04. The molecule has 2 aromatic rings. The maximum Gasteiger partial charge on any atom is 0.255 e. The van der Waals surface area contributed by atoms with E-state index in [2.05, 4.69) is 5.32 Å². The van der Waals surface area contributed by atoms with E-state index >= 15 is 0 Å². The predicted molar refractivity (Wildman–Crippen MR) is 83.1 cm³/mol. The van der Waals surface area contributed by atoms with Gasteiger partial charge in [0, 0.05) is 18.1 Å². The van der Waals surface area contributed by atoms with Crippen LogP contribution in [0.3, 0.4) is 0 Å². The van der Waals surface area contributed by atoms with E-state index < -0.39 is 5.91 Å². The molecule has 0 aromatic heterocycles. The van der Waals surface area contributed by atoms with Gasteiger partial charge < -0.3 is 15.8 Å². The summed E-state index contributed by atoms with van der Waals surface area (Å²) >= 11 is 6.09. The van der Waals surface area contributed by atoms with Gasteiger partial charge in [-0.15, -0.1) is 0 Å². The van der Waals surface area contributed by atoms with Crippen LogP contribution in [0.15, 0.2) is 48.5 Å². The number of amides is 1. The highest BCUT2D eigenvalue weighted by Crippen LogP contribution is 2.15. The number of benzene rings is 2. The molecule has 0 aliphatic heterocycles. The van der Waals surface area contributed by atoms with Gasteiger partial charge in [0.05, 0.1) is 0 Å². The van der Waals surface area contributed by atoms with Crippen molar-refractivity contribution in [3.05, 3.63) is 64.7 Å². The minimum absolute atomic E-state index is 0.107. The summed E-state index contributed by atoms with van der Waals surface area (Å²) in [6, 6.07) is 15.3. The van der Waals surface area contributed by atoms with Gasteiger partial charge >= 0.3 is 0 Å². The van der Waals surface area contributed by atoms with Crippen LogP contribution >= 0.6 is 11.6 Å². The van der Waals surface area contributed by atoms with Crippen molar-refractivity contribution < 1.29 is 9.53 Å². The number of hydrogen-bond acceptors (Lipinski definition) is 3. The lowest BCUT2D eigenvalue weighted by atomic mass is 10.2. The molecule has 0 heterocycles. The van der Waals surface area contributed by atoms with E-state index in [1.165, 1.54) is 0 Å². The van der Waals surface area contributed by atoms with Crippen LogP contribution in [0.4, 0.5) is 0 Å². The third-order valence-electron chi connectivity index (χ3n) is 2.91. The molecule has 0 unspecified atom stereocenters. The molecule has 21 heavy (non-hydrogen) atoms. The Labute approximate surface area is 128 Å². The van der Waals surface area contributed by atoms with Gasteiger partial charge in [0.15, 0.2) is 6.61 Å². The van der Waals surface area contributed by atoms with Crippen molar-refractivity contribution in [2.75, 3.05) is 6.61 Å². The van der Waals surface area contributed by atoms with Crippen LogP contribution in [0.25, 0.3) is 0 Å². The van der Waals surface area contributed by atoms with E-state index in [9.17, 15) is 4.79 Å². The standard InChI is InChI=1S/C16H17ClN2O2/c17-15-4-2-1-3-13(15)10-19-9-12-5-7-14(8-6-12)21-11-16(18)20/h1-8,19H,9-11H2,(H2,18,20). The minimum Gasteiger partial charge on any atom is -0.484 e. The van der Waals surface area contributed by atoms with Crippen molar-refractivity contribution >= 4 is 17.5 Å². The molecule has 2 rings (SSSR count). The number of carbonyl (C=O) groups excluding carboxylic acids is 1. The van der Waals surface area contributed by atoms with Gasteiger partial charge in [-0.3, -0.25) is 4.79 Å². The van der Waals surface area contributed by atoms with Gasteiger partial charge in [0.1, 0.15) is 5.75 Å². The molecule has 1 amide bonds. The third-order valence-corrected chi connectivity index (χ3v) is 3.28. The lowest BCUT2D eigenvalue weighted by Crippen LogP contribution is -2.20. The third kappa shape index (κ3) is 5.10. The first-order chi connectivity index (χ1) is 10.1. The van der Waals surface area contributed by atoms with E-state index in [-0.39, 0.29) is 6.61 Å². The van der Waals surface area contributed by atoms with Crippen molar-refractivity contribution in [2.45, 2.75) is 13.1 Å². The molecule has 5 heteroatoms. The molecule has 0 saturated heterocycles. The summed E-state index contributed by atoms with van der Waals surface area (Å²) in [6.07, 6.45) is 0. The Bertz CT molecular complexity index is 599. The number of nitrogens with two attached hydrogens (primary N) is 1. The van der Waals surface area contributed by atoms with Gasteiger partial charge in [-0.25, -0.2) is 0 Å². The normalized spacial score (nSPS) is 10.3. The Balaban J connectivity index is 1.81. The summed E-state index contributed by atoms with van der Waals surface area (Å²) in [4.78, 5) is 10.6. The largest absolute Gasteiger partial charge is 0.484 e. The highest BCUT2D eigenvalue weighted by Gasteiger charge is 2.00. The fraction of sp³-hybridized carbons (Fsp3) is 0.188. The monoisotopic (exact) mass is 304 g/mol. The van der Waals surface area contributed by atoms with Gasteiger partial charge in [-0.05, 0) is 29.3 Å². The van der Waals surface area contributed by atoms with E-state index in [4.69, 9.17) is 22.1 Å². The molecule has 0 aliphatic rings. The van der Waals surface area contributed by atoms with Gasteiger partial charge in [-0.2, -0.15) is 0 Å². The molecule has 0 atom stereocenters. The zero-order valence-corrected chi connectivity index (χ0v) is 12.3. The van der Waals surface area contributed by atoms with Crippen LogP contribution in [0.2, 0.25) is 5.02 Å². The predicted octanol–water partition coefficient (Wildman–Crippen LogP) is 2.49. The van der Waals surface area contributed by atoms with Crippen molar-refractivity contribution in [3.8, 4) is 5.75 Å². The number of halogens is 1. The molecule has 0 bridgehead atoms. The summed E-state index contributed by atoms with van der Waals surface area (Å²) in [6.45, 7) is 1.32. The first-order valence-electron chi connectivity index (χ1n) is 6.59. The van der Waals surface area contributed by atoms with Gasteiger partial charge in [0.25, 0.3) is 5.91 Å². The van der Waals surface area contributed by atoms with Crippen LogP contribution in [-0.2, 0) is 17.9 Å². The number of ether oxygens (including phenoxy) is 1. The zero-order chi connectivity index (χ0) is 15.1. The second-order valence-corrected chi connectivity index (χ2v) is 5.00. The number of nitrogens with one attached hydrogen (secondary N) is 1. The smallest absolute Gasteiger partial charge is 0.255 e. The molecule has 0 radical (unpaired) electrons. The average molecular weight is 305 g/mol. The number of rotatable bonds is 7. The first-order valence-corrected chi connectivity index (χ1v) is 6.97. The van der Waals surface area contributed by atoms with Crippen LogP contribution in [0.5, 0.6) is 5.75 Å². The maximum absolute atomic E-state index is 10.6. The van der Waals surface area contributed by atoms with Crippen molar-refractivity contribution in [3.63, 3.8) is 0 Å². The Morgan fingerprint density at radius 2 is 1.81 bits per heavy atom. The van der Waals surface area contributed by atoms with E-state index in [1.54, 1.807) is 0 Å². The van der Waals surface area contributed by atoms with Crippen LogP contribution in [-0.4, -0.2) is 12.5 Å². The van der Waals surface area contributed by atoms with E-state index in [0.717, 1.165) is 22.7 Å². The lowest BCUT2D eigenvalue weighted by Gasteiger charge is -2.08. The van der Waals surface area contributed by atoms with Gasteiger partial charge in [0.2, 0.25) is 0 Å². The lowest BCUT2D eigenvalue weighted by molar-refractivity contribution is -0.119. The Morgan fingerprint density at radius 3 is 2.48 bits per heavy atom. The molecular weight excluding hydrogens is 288 g/mol. The van der Waals surface area contributed by atoms with Crippen LogP contribution in [0, 0.1) is 0 Å². The Morgan fingerprint density at radius 1 is 1.10 bits per heavy atom. The van der Waals surface area contributed by atoms with E-state index in [1.807, 2.05) is 48.5 Å². The second-order valence-electron chi connectivity index (χ2n) is 4.59. The summed E-state index contributed by atoms with van der Waals surface area (Å²) in [5.74, 6) is 0.143. The van der Waals surface area contributed by atoms with Gasteiger partial charge in [-0.1, -0.05) is 41.9 Å². The summed E-state index contributed by atoms with van der Waals surface area (Å²) in [5.41, 5.74) is 7.21. The summed E-state index contributed by atoms with van der Waals surface area (Å²) < 4.78 is 5.20. The van der Waals surface area contributed by atoms with Crippen molar-refractivity contribution in [2.24, 2.45) is 5.73 Å². The van der Waals surface area contributed by atoms with E-state index in [0.29, 0.717) is 12.3 Å². The molecule has 0 fully saturated rings. The SMILES string of the molecule is NC(=O)COc1ccc(CNCc2ccccc2Cl)cc1. The highest BCUT2D eigenvalue weighted by molar-refractivity contribution is 6.31. The summed E-state index contributed by atoms with van der Waals surface area (Å²) in [7, 11) is 0. The minimum atomic E-state index is -0.486. The first kappa shape index (κ1) is 15.4. The second kappa shape index (κ2) is 7.67.